The van der Waals surface area contributed by atoms with Crippen molar-refractivity contribution in [2.24, 2.45) is 0 Å². The topological polar surface area (TPSA) is 95.1 Å². The van der Waals surface area contributed by atoms with Crippen molar-refractivity contribution in [3.63, 3.8) is 0 Å². The van der Waals surface area contributed by atoms with Crippen LogP contribution >= 0.6 is 0 Å². The monoisotopic (exact) mass is 609 g/mol. The van der Waals surface area contributed by atoms with Crippen molar-refractivity contribution in [1.29, 1.82) is 0 Å². The first-order valence-electron chi connectivity index (χ1n) is 14.2. The number of piperazine rings is 1. The average molecular weight is 610 g/mol. The normalized spacial score (nSPS) is 17.1. The predicted molar refractivity (Wildman–Crippen MR) is 155 cm³/mol. The number of nitrogens with zero attached hydrogens (tertiary/aromatic N) is 5. The van der Waals surface area contributed by atoms with Crippen molar-refractivity contribution >= 4 is 11.5 Å². The van der Waals surface area contributed by atoms with E-state index in [0.29, 0.717) is 31.1 Å². The standard InChI is InChI=1S/C31H30F3N5O5/c32-31(33,34)23-3-9-27(10-4-23)43-26-7-1-22(2-8-26)19-36-15-17-37(18-16-36)24-5-11-25(12-6-24)42-21-28-13-14-38-20-29(39(40)41)35-30(38)44-28/h1-12,20,28H,13-19,21H2. The summed E-state index contributed by atoms with van der Waals surface area (Å²) in [4.78, 5) is 19.0. The lowest BCUT2D eigenvalue weighted by Gasteiger charge is -2.36. The first kappa shape index (κ1) is 29.3. The summed E-state index contributed by atoms with van der Waals surface area (Å²) >= 11 is 0. The van der Waals surface area contributed by atoms with Crippen LogP contribution in [0.5, 0.6) is 23.3 Å². The molecule has 0 saturated carbocycles. The second-order valence-electron chi connectivity index (χ2n) is 10.7. The van der Waals surface area contributed by atoms with Crippen molar-refractivity contribution in [3.8, 4) is 23.3 Å². The summed E-state index contributed by atoms with van der Waals surface area (Å²) < 4.78 is 57.3. The van der Waals surface area contributed by atoms with Crippen LogP contribution in [0.15, 0.2) is 79.0 Å². The molecular formula is C31H30F3N5O5. The number of aromatic nitrogens is 2. The molecule has 10 nitrogen and oxygen atoms in total. The van der Waals surface area contributed by atoms with Gasteiger partial charge in [-0.2, -0.15) is 13.2 Å². The molecule has 1 aromatic heterocycles. The van der Waals surface area contributed by atoms with Crippen molar-refractivity contribution in [2.75, 3.05) is 37.7 Å². The molecule has 1 saturated heterocycles. The van der Waals surface area contributed by atoms with Crippen LogP contribution in [0.4, 0.5) is 24.7 Å². The van der Waals surface area contributed by atoms with Crippen LogP contribution in [-0.4, -0.2) is 58.3 Å². The molecule has 1 atom stereocenters. The Kier molecular flexibility index (Phi) is 8.29. The minimum atomic E-state index is -4.37. The molecule has 6 rings (SSSR count). The van der Waals surface area contributed by atoms with E-state index in [1.165, 1.54) is 18.3 Å². The molecule has 0 amide bonds. The number of rotatable bonds is 9. The second kappa shape index (κ2) is 12.4. The largest absolute Gasteiger partial charge is 0.490 e. The molecule has 2 aliphatic rings. The Morgan fingerprint density at radius 1 is 0.886 bits per heavy atom. The van der Waals surface area contributed by atoms with E-state index in [-0.39, 0.29) is 17.9 Å². The minimum Gasteiger partial charge on any atom is -0.490 e. The van der Waals surface area contributed by atoms with Gasteiger partial charge >= 0.3 is 18.0 Å². The Labute approximate surface area is 251 Å². The van der Waals surface area contributed by atoms with Gasteiger partial charge in [-0.25, -0.2) is 0 Å². The van der Waals surface area contributed by atoms with Gasteiger partial charge in [0.15, 0.2) is 0 Å². The summed E-state index contributed by atoms with van der Waals surface area (Å²) in [7, 11) is 0. The van der Waals surface area contributed by atoms with Gasteiger partial charge in [0.05, 0.1) is 5.56 Å². The zero-order valence-corrected chi connectivity index (χ0v) is 23.7. The maximum Gasteiger partial charge on any atom is 0.416 e. The van der Waals surface area contributed by atoms with Crippen molar-refractivity contribution in [2.45, 2.75) is 31.8 Å². The molecule has 0 N–H and O–H groups in total. The van der Waals surface area contributed by atoms with Crippen LogP contribution in [0.25, 0.3) is 0 Å². The summed E-state index contributed by atoms with van der Waals surface area (Å²) in [6, 6.07) is 20.4. The first-order valence-corrected chi connectivity index (χ1v) is 14.2. The number of benzene rings is 3. The molecule has 2 aliphatic heterocycles. The Hall–Kier alpha value is -4.78. The van der Waals surface area contributed by atoms with Crippen LogP contribution in [0.1, 0.15) is 17.5 Å². The van der Waals surface area contributed by atoms with Crippen molar-refractivity contribution < 1.29 is 32.3 Å². The molecule has 4 aromatic rings. The highest BCUT2D eigenvalue weighted by Crippen LogP contribution is 2.32. The molecule has 230 valence electrons. The number of imidazole rings is 1. The average Bonchev–Trinajstić information content (AvgIpc) is 3.46. The zero-order valence-electron chi connectivity index (χ0n) is 23.7. The van der Waals surface area contributed by atoms with Crippen LogP contribution < -0.4 is 19.1 Å². The summed E-state index contributed by atoms with van der Waals surface area (Å²) in [5.74, 6) is 1.42. The fourth-order valence-corrected chi connectivity index (χ4v) is 5.21. The Bertz CT molecular complexity index is 1570. The summed E-state index contributed by atoms with van der Waals surface area (Å²) in [5.41, 5.74) is 1.54. The van der Waals surface area contributed by atoms with E-state index in [2.05, 4.69) is 14.8 Å². The highest BCUT2D eigenvalue weighted by Gasteiger charge is 2.30. The number of ether oxygens (including phenoxy) is 3. The van der Waals surface area contributed by atoms with E-state index in [0.717, 1.165) is 61.9 Å². The zero-order chi connectivity index (χ0) is 30.7. The van der Waals surface area contributed by atoms with E-state index in [1.54, 1.807) is 4.57 Å². The van der Waals surface area contributed by atoms with E-state index >= 15 is 0 Å². The second-order valence-corrected chi connectivity index (χ2v) is 10.7. The third-order valence-corrected chi connectivity index (χ3v) is 7.64. The number of hydrogen-bond acceptors (Lipinski definition) is 8. The fourth-order valence-electron chi connectivity index (χ4n) is 5.21. The molecular weight excluding hydrogens is 579 g/mol. The number of anilines is 1. The molecule has 44 heavy (non-hydrogen) atoms. The minimum absolute atomic E-state index is 0.223. The van der Waals surface area contributed by atoms with Gasteiger partial charge in [-0.1, -0.05) is 12.1 Å². The summed E-state index contributed by atoms with van der Waals surface area (Å²) in [5, 5.41) is 10.9. The third kappa shape index (κ3) is 7.05. The van der Waals surface area contributed by atoms with Gasteiger partial charge in [0.1, 0.15) is 36.2 Å². The highest BCUT2D eigenvalue weighted by molar-refractivity contribution is 5.49. The summed E-state index contributed by atoms with van der Waals surface area (Å²) in [6.45, 7) is 5.25. The van der Waals surface area contributed by atoms with Gasteiger partial charge in [-0.15, -0.1) is 0 Å². The van der Waals surface area contributed by atoms with Crippen LogP contribution in [0.2, 0.25) is 0 Å². The van der Waals surface area contributed by atoms with Gasteiger partial charge in [-0.3, -0.25) is 9.47 Å². The summed E-state index contributed by atoms with van der Waals surface area (Å²) in [6.07, 6.45) is -2.55. The lowest BCUT2D eigenvalue weighted by molar-refractivity contribution is -0.389. The predicted octanol–water partition coefficient (Wildman–Crippen LogP) is 6.15. The molecule has 0 aliphatic carbocycles. The van der Waals surface area contributed by atoms with Crippen molar-refractivity contribution in [3.05, 3.63) is 100 Å². The first-order chi connectivity index (χ1) is 21.2. The lowest BCUT2D eigenvalue weighted by atomic mass is 10.1. The smallest absolute Gasteiger partial charge is 0.416 e. The number of hydrogen-bond donors (Lipinski definition) is 0. The Morgan fingerprint density at radius 2 is 1.52 bits per heavy atom. The maximum atomic E-state index is 12.8. The maximum absolute atomic E-state index is 12.8. The van der Waals surface area contributed by atoms with Crippen molar-refractivity contribution in [1.82, 2.24) is 14.5 Å². The molecule has 3 aromatic carbocycles. The number of alkyl halides is 3. The van der Waals surface area contributed by atoms with Crippen LogP contribution in [0, 0.1) is 10.1 Å². The van der Waals surface area contributed by atoms with E-state index in [9.17, 15) is 23.3 Å². The Morgan fingerprint density at radius 3 is 2.16 bits per heavy atom. The lowest BCUT2D eigenvalue weighted by Crippen LogP contribution is -2.45. The molecule has 13 heteroatoms. The number of aryl methyl sites for hydroxylation is 1. The van der Waals surface area contributed by atoms with E-state index in [1.807, 2.05) is 48.5 Å². The third-order valence-electron chi connectivity index (χ3n) is 7.64. The number of nitro groups is 1. The molecule has 3 heterocycles. The van der Waals surface area contributed by atoms with Crippen LogP contribution in [-0.2, 0) is 19.3 Å². The molecule has 1 fully saturated rings. The molecule has 0 bridgehead atoms. The molecule has 0 spiro atoms. The van der Waals surface area contributed by atoms with Gasteiger partial charge in [0, 0.05) is 56.4 Å². The van der Waals surface area contributed by atoms with E-state index in [4.69, 9.17) is 14.2 Å². The molecule has 1 unspecified atom stereocenters. The van der Waals surface area contributed by atoms with Gasteiger partial charge in [0.25, 0.3) is 0 Å². The number of halogens is 3. The van der Waals surface area contributed by atoms with Gasteiger partial charge < -0.3 is 29.2 Å². The number of fused-ring (bicyclic) bond motifs is 1. The van der Waals surface area contributed by atoms with Gasteiger partial charge in [-0.05, 0) is 71.2 Å². The van der Waals surface area contributed by atoms with E-state index < -0.39 is 16.7 Å². The fraction of sp³-hybridized carbons (Fsp3) is 0.323. The SMILES string of the molecule is O=[N+]([O-])c1cn2c(n1)OC(COc1ccc(N3CCN(Cc4ccc(Oc5ccc(C(F)(F)F)cc5)cc4)CC3)cc1)CC2. The molecule has 0 radical (unpaired) electrons. The quantitative estimate of drug-likeness (QED) is 0.165. The van der Waals surface area contributed by atoms with Crippen LogP contribution in [0.3, 0.4) is 0 Å². The Balaban J connectivity index is 0.933. The van der Waals surface area contributed by atoms with Gasteiger partial charge in [0.2, 0.25) is 0 Å². The highest BCUT2D eigenvalue weighted by atomic mass is 19.4.